The Balaban J connectivity index is 1.03. The first-order valence-electron chi connectivity index (χ1n) is 21.5. The minimum Gasteiger partial charge on any atom is -0.294 e. The topological polar surface area (TPSA) is 81.7 Å². The monoisotopic (exact) mass is 855 g/mol. The molecule has 0 spiro atoms. The molecule has 0 aliphatic carbocycles. The maximum absolute atomic E-state index is 16.9. The molecule has 0 aliphatic heterocycles. The highest BCUT2D eigenvalue weighted by Gasteiger charge is 2.40. The lowest BCUT2D eigenvalue weighted by Gasteiger charge is -2.33. The third kappa shape index (κ3) is 6.42. The predicted octanol–water partition coefficient (Wildman–Crippen LogP) is 12.9. The molecule has 12 rings (SSSR count). The zero-order valence-electron chi connectivity index (χ0n) is 34.9. The summed E-state index contributed by atoms with van der Waals surface area (Å²) in [6.45, 7) is 0. The minimum absolute atomic E-state index is 0.364. The normalized spacial score (nSPS) is 11.8. The van der Waals surface area contributed by atoms with Gasteiger partial charge < -0.3 is 0 Å². The van der Waals surface area contributed by atoms with E-state index in [0.29, 0.717) is 33.6 Å². The summed E-state index contributed by atoms with van der Waals surface area (Å²) in [5.41, 5.74) is 8.92. The van der Waals surface area contributed by atoms with Crippen LogP contribution in [0.15, 0.2) is 231 Å². The first-order chi connectivity index (χ1) is 32.1. The van der Waals surface area contributed by atoms with Crippen molar-refractivity contribution in [2.45, 2.75) is 0 Å². The molecule has 12 aromatic rings. The molecule has 0 saturated carbocycles. The van der Waals surface area contributed by atoms with E-state index >= 15 is 4.57 Å². The van der Waals surface area contributed by atoms with E-state index in [1.54, 1.807) is 0 Å². The molecular weight excluding hydrogens is 818 g/mol. The Hall–Kier alpha value is -8.45. The second-order valence-corrected chi connectivity index (χ2v) is 18.3. The van der Waals surface area contributed by atoms with Crippen LogP contribution in [-0.2, 0) is 4.57 Å². The van der Waals surface area contributed by atoms with Crippen LogP contribution >= 0.6 is 7.29 Å². The number of benzene rings is 6. The fraction of sp³-hybridized carbons (Fsp3) is 0. The van der Waals surface area contributed by atoms with E-state index in [0.717, 1.165) is 66.6 Å². The SMILES string of the molecule is O=P(c1cccc(-c2cccc(-n3c4ccccc4c4ccccc43)n2)n1)(c1cccc(-c2cccc(-n3c4ccccc4c4ccccc43)n2)n1)N(c1ccccc1)c1ccccc1. The van der Waals surface area contributed by atoms with Crippen LogP contribution in [0.5, 0.6) is 0 Å². The van der Waals surface area contributed by atoms with Crippen LogP contribution in [0.25, 0.3) is 78.0 Å². The molecule has 0 aliphatic rings. The zero-order chi connectivity index (χ0) is 43.3. The largest absolute Gasteiger partial charge is 0.294 e. The molecule has 0 fully saturated rings. The zero-order valence-corrected chi connectivity index (χ0v) is 35.8. The summed E-state index contributed by atoms with van der Waals surface area (Å²) < 4.78 is 23.2. The van der Waals surface area contributed by atoms with Crippen LogP contribution in [0.3, 0.4) is 0 Å². The molecule has 0 amide bonds. The Morgan fingerprint density at radius 2 is 0.615 bits per heavy atom. The fourth-order valence-electron chi connectivity index (χ4n) is 9.12. The van der Waals surface area contributed by atoms with Crippen molar-refractivity contribution in [3.63, 3.8) is 0 Å². The van der Waals surface area contributed by atoms with Gasteiger partial charge in [-0.2, -0.15) is 0 Å². The highest BCUT2D eigenvalue weighted by molar-refractivity contribution is 7.80. The van der Waals surface area contributed by atoms with Gasteiger partial charge in [0.25, 0.3) is 7.29 Å². The van der Waals surface area contributed by atoms with Gasteiger partial charge in [-0.3, -0.25) is 18.4 Å². The van der Waals surface area contributed by atoms with Gasteiger partial charge in [-0.1, -0.05) is 133 Å². The van der Waals surface area contributed by atoms with E-state index in [4.69, 9.17) is 19.9 Å². The molecule has 0 unspecified atom stereocenters. The Morgan fingerprint density at radius 1 is 0.308 bits per heavy atom. The standard InChI is InChI=1S/C56H38N7OP/c64-65(63(39-19-3-1-4-20-39)40-21-5-2-6-22-40,55-37-17-29-47(59-55)45-27-15-35-53(57-45)61-49-31-11-7-23-41(49)42-24-8-12-32-50(42)61)56-38-18-30-48(60-56)46-28-16-36-54(58-46)62-51-33-13-9-25-43(51)44-26-10-14-34-52(44)62/h1-38H. The van der Waals surface area contributed by atoms with Gasteiger partial charge in [-0.15, -0.1) is 0 Å². The van der Waals surface area contributed by atoms with Gasteiger partial charge in [0.15, 0.2) is 0 Å². The van der Waals surface area contributed by atoms with Crippen molar-refractivity contribution in [1.29, 1.82) is 0 Å². The number of rotatable bonds is 9. The van der Waals surface area contributed by atoms with Crippen molar-refractivity contribution < 1.29 is 4.57 Å². The summed E-state index contributed by atoms with van der Waals surface area (Å²) in [6, 6.07) is 76.5. The summed E-state index contributed by atoms with van der Waals surface area (Å²) >= 11 is 0. The number of fused-ring (bicyclic) bond motifs is 6. The van der Waals surface area contributed by atoms with Gasteiger partial charge in [-0.05, 0) is 97.1 Å². The number of para-hydroxylation sites is 6. The highest BCUT2D eigenvalue weighted by atomic mass is 31.2. The van der Waals surface area contributed by atoms with Crippen LogP contribution in [0.2, 0.25) is 0 Å². The van der Waals surface area contributed by atoms with E-state index < -0.39 is 7.29 Å². The predicted molar refractivity (Wildman–Crippen MR) is 266 cm³/mol. The van der Waals surface area contributed by atoms with Gasteiger partial charge in [0.1, 0.15) is 22.5 Å². The molecule has 0 radical (unpaired) electrons. The lowest BCUT2D eigenvalue weighted by molar-refractivity contribution is 0.586. The van der Waals surface area contributed by atoms with Crippen molar-refractivity contribution in [3.8, 4) is 34.4 Å². The van der Waals surface area contributed by atoms with Crippen LogP contribution in [0.4, 0.5) is 11.4 Å². The molecule has 8 nitrogen and oxygen atoms in total. The quantitative estimate of drug-likeness (QED) is 0.135. The number of hydrogen-bond acceptors (Lipinski definition) is 5. The Kier molecular flexibility index (Phi) is 9.25. The number of nitrogens with zero attached hydrogens (tertiary/aromatic N) is 7. The summed E-state index contributed by atoms with van der Waals surface area (Å²) in [4.78, 5) is 21.0. The molecule has 65 heavy (non-hydrogen) atoms. The number of anilines is 2. The Labute approximate surface area is 374 Å². The Morgan fingerprint density at radius 3 is 0.985 bits per heavy atom. The molecule has 0 saturated heterocycles. The van der Waals surface area contributed by atoms with Crippen molar-refractivity contribution in [1.82, 2.24) is 29.1 Å². The lowest BCUT2D eigenvalue weighted by atomic mass is 10.2. The Bertz CT molecular complexity index is 3440. The minimum atomic E-state index is -3.98. The average molecular weight is 856 g/mol. The van der Waals surface area contributed by atoms with Crippen molar-refractivity contribution in [3.05, 3.63) is 231 Å². The highest BCUT2D eigenvalue weighted by Crippen LogP contribution is 2.54. The van der Waals surface area contributed by atoms with E-state index in [1.165, 1.54) is 0 Å². The molecule has 9 heteroatoms. The molecular formula is C56H38N7OP. The van der Waals surface area contributed by atoms with Gasteiger partial charge in [0.2, 0.25) is 0 Å². The third-order valence-corrected chi connectivity index (χ3v) is 14.8. The van der Waals surface area contributed by atoms with E-state index in [9.17, 15) is 0 Å². The van der Waals surface area contributed by atoms with E-state index in [-0.39, 0.29) is 0 Å². The van der Waals surface area contributed by atoms with Crippen molar-refractivity contribution >= 4 is 73.1 Å². The number of pyridine rings is 4. The maximum atomic E-state index is 16.9. The molecule has 0 atom stereocenters. The second-order valence-electron chi connectivity index (χ2n) is 15.8. The molecule has 6 aromatic carbocycles. The van der Waals surface area contributed by atoms with Crippen LogP contribution in [0.1, 0.15) is 0 Å². The van der Waals surface area contributed by atoms with Gasteiger partial charge in [0, 0.05) is 32.9 Å². The fourth-order valence-corrected chi connectivity index (χ4v) is 11.7. The molecule has 6 aromatic heterocycles. The molecule has 6 heterocycles. The summed E-state index contributed by atoms with van der Waals surface area (Å²) in [5.74, 6) is 1.52. The molecule has 0 bridgehead atoms. The lowest BCUT2D eigenvalue weighted by Crippen LogP contribution is -2.32. The van der Waals surface area contributed by atoms with Gasteiger partial charge in [-0.25, -0.2) is 19.9 Å². The number of aromatic nitrogens is 6. The summed E-state index contributed by atoms with van der Waals surface area (Å²) in [6.07, 6.45) is 0. The smallest absolute Gasteiger partial charge is 0.269 e. The van der Waals surface area contributed by atoms with Crippen LogP contribution in [0, 0.1) is 0 Å². The number of hydrogen-bond donors (Lipinski definition) is 0. The van der Waals surface area contributed by atoms with E-state index in [1.807, 2.05) is 138 Å². The first-order valence-corrected chi connectivity index (χ1v) is 23.2. The molecule has 0 N–H and O–H groups in total. The second kappa shape index (κ2) is 15.7. The maximum Gasteiger partial charge on any atom is 0.269 e. The van der Waals surface area contributed by atoms with Gasteiger partial charge in [0.05, 0.1) is 44.8 Å². The van der Waals surface area contributed by atoms with Crippen molar-refractivity contribution in [2.24, 2.45) is 0 Å². The van der Waals surface area contributed by atoms with Crippen LogP contribution in [-0.4, -0.2) is 29.1 Å². The first kappa shape index (κ1) is 38.2. The third-order valence-electron chi connectivity index (χ3n) is 12.0. The molecule has 308 valence electrons. The average Bonchev–Trinajstić information content (AvgIpc) is 3.90. The van der Waals surface area contributed by atoms with E-state index in [2.05, 4.69) is 106 Å². The van der Waals surface area contributed by atoms with Gasteiger partial charge >= 0.3 is 0 Å². The summed E-state index contributed by atoms with van der Waals surface area (Å²) in [7, 11) is -3.98. The van der Waals surface area contributed by atoms with Crippen molar-refractivity contribution in [2.75, 3.05) is 4.67 Å². The summed E-state index contributed by atoms with van der Waals surface area (Å²) in [5, 5.41) is 4.62. The van der Waals surface area contributed by atoms with Crippen LogP contribution < -0.4 is 15.5 Å².